The molecule has 0 aliphatic heterocycles. The van der Waals surface area contributed by atoms with Crippen LogP contribution in [0.15, 0.2) is 18.2 Å². The zero-order chi connectivity index (χ0) is 12.8. The van der Waals surface area contributed by atoms with Crippen molar-refractivity contribution in [2.45, 2.75) is 37.6 Å². The van der Waals surface area contributed by atoms with E-state index in [-0.39, 0.29) is 16.9 Å². The molecular formula is C12H16N2O3. The maximum absolute atomic E-state index is 10.6. The van der Waals surface area contributed by atoms with Gasteiger partial charge in [-0.2, -0.15) is 0 Å². The lowest BCUT2D eigenvalue weighted by Crippen LogP contribution is -2.45. The Hall–Kier alpha value is -1.62. The van der Waals surface area contributed by atoms with Crippen LogP contribution in [0.25, 0.3) is 0 Å². The molecule has 92 valence electrons. The van der Waals surface area contributed by atoms with E-state index in [9.17, 15) is 15.2 Å². The van der Waals surface area contributed by atoms with Gasteiger partial charge in [0.15, 0.2) is 5.75 Å². The summed E-state index contributed by atoms with van der Waals surface area (Å²) in [6, 6.07) is 4.51. The van der Waals surface area contributed by atoms with Crippen molar-refractivity contribution in [3.8, 4) is 5.75 Å². The Kier molecular flexibility index (Phi) is 2.39. The second-order valence-corrected chi connectivity index (χ2v) is 5.26. The highest BCUT2D eigenvalue weighted by atomic mass is 16.6. The van der Waals surface area contributed by atoms with E-state index in [1.54, 1.807) is 6.07 Å². The van der Waals surface area contributed by atoms with Crippen LogP contribution >= 0.6 is 0 Å². The fourth-order valence-electron chi connectivity index (χ4n) is 2.41. The second kappa shape index (κ2) is 3.43. The summed E-state index contributed by atoms with van der Waals surface area (Å²) in [4.78, 5) is 10.0. The third kappa shape index (κ3) is 1.76. The van der Waals surface area contributed by atoms with Gasteiger partial charge in [0.25, 0.3) is 0 Å². The van der Waals surface area contributed by atoms with E-state index in [2.05, 4.69) is 0 Å². The third-order valence-electron chi connectivity index (χ3n) is 3.71. The van der Waals surface area contributed by atoms with E-state index >= 15 is 0 Å². The molecule has 1 fully saturated rings. The van der Waals surface area contributed by atoms with Crippen molar-refractivity contribution in [1.29, 1.82) is 0 Å². The number of benzene rings is 1. The van der Waals surface area contributed by atoms with Crippen molar-refractivity contribution in [3.05, 3.63) is 33.9 Å². The minimum atomic E-state index is -0.591. The number of nitro benzene ring substituents is 1. The highest BCUT2D eigenvalue weighted by Crippen LogP contribution is 2.55. The first-order chi connectivity index (χ1) is 7.78. The van der Waals surface area contributed by atoms with Crippen molar-refractivity contribution < 1.29 is 10.0 Å². The van der Waals surface area contributed by atoms with E-state index in [0.717, 1.165) is 18.4 Å². The van der Waals surface area contributed by atoms with Crippen LogP contribution in [0.4, 0.5) is 5.69 Å². The molecule has 0 amide bonds. The molecule has 1 aliphatic carbocycles. The number of nitrogens with zero attached hydrogens (tertiary/aromatic N) is 1. The number of nitrogens with two attached hydrogens (primary N) is 1. The molecule has 0 radical (unpaired) electrons. The fraction of sp³-hybridized carbons (Fsp3) is 0.500. The summed E-state index contributed by atoms with van der Waals surface area (Å²) in [7, 11) is 0. The normalized spacial score (nSPS) is 17.8. The van der Waals surface area contributed by atoms with Gasteiger partial charge in [0.05, 0.1) is 4.92 Å². The van der Waals surface area contributed by atoms with Crippen molar-refractivity contribution in [2.24, 2.45) is 5.73 Å². The lowest BCUT2D eigenvalue weighted by molar-refractivity contribution is -0.385. The van der Waals surface area contributed by atoms with E-state index < -0.39 is 10.5 Å². The minimum absolute atomic E-state index is 0.153. The van der Waals surface area contributed by atoms with E-state index in [0.29, 0.717) is 0 Å². The highest BCUT2D eigenvalue weighted by molar-refractivity contribution is 5.51. The summed E-state index contributed by atoms with van der Waals surface area (Å²) in [5.41, 5.74) is 6.21. The van der Waals surface area contributed by atoms with Gasteiger partial charge in [-0.1, -0.05) is 6.07 Å². The lowest BCUT2D eigenvalue weighted by Gasteiger charge is -2.31. The predicted octanol–water partition coefficient (Wildman–Crippen LogP) is 2.07. The van der Waals surface area contributed by atoms with Gasteiger partial charge in [0.1, 0.15) is 0 Å². The van der Waals surface area contributed by atoms with E-state index in [1.165, 1.54) is 12.1 Å². The Morgan fingerprint density at radius 1 is 1.47 bits per heavy atom. The average molecular weight is 236 g/mol. The fourth-order valence-corrected chi connectivity index (χ4v) is 2.41. The van der Waals surface area contributed by atoms with E-state index in [4.69, 9.17) is 5.73 Å². The molecule has 3 N–H and O–H groups in total. The zero-order valence-corrected chi connectivity index (χ0v) is 9.93. The molecule has 0 bridgehead atoms. The second-order valence-electron chi connectivity index (χ2n) is 5.26. The Morgan fingerprint density at radius 2 is 2.06 bits per heavy atom. The molecule has 0 heterocycles. The molecule has 5 nitrogen and oxygen atoms in total. The van der Waals surface area contributed by atoms with Gasteiger partial charge < -0.3 is 10.8 Å². The van der Waals surface area contributed by atoms with Crippen molar-refractivity contribution in [3.63, 3.8) is 0 Å². The molecule has 0 aromatic heterocycles. The van der Waals surface area contributed by atoms with Gasteiger partial charge in [0, 0.05) is 17.0 Å². The molecule has 1 aromatic carbocycles. The van der Waals surface area contributed by atoms with Crippen molar-refractivity contribution in [2.75, 3.05) is 0 Å². The number of hydrogen-bond donors (Lipinski definition) is 2. The highest BCUT2D eigenvalue weighted by Gasteiger charge is 2.53. The maximum Gasteiger partial charge on any atom is 0.310 e. The predicted molar refractivity (Wildman–Crippen MR) is 63.9 cm³/mol. The Labute approximate surface area is 99.4 Å². The number of nitro groups is 1. The standard InChI is InChI=1S/C12H16N2O3/c1-11(2,13)12(5-6-12)8-3-4-9(14(16)17)10(15)7-8/h3-4,7,15H,5-6,13H2,1-2H3. The smallest absolute Gasteiger partial charge is 0.310 e. The largest absolute Gasteiger partial charge is 0.502 e. The van der Waals surface area contributed by atoms with Crippen molar-refractivity contribution in [1.82, 2.24) is 0 Å². The van der Waals surface area contributed by atoms with E-state index in [1.807, 2.05) is 13.8 Å². The van der Waals surface area contributed by atoms with Crippen LogP contribution in [-0.4, -0.2) is 15.6 Å². The molecule has 1 aromatic rings. The Bertz CT molecular complexity index is 473. The Balaban J connectivity index is 2.43. The quantitative estimate of drug-likeness (QED) is 0.621. The van der Waals surface area contributed by atoms with Gasteiger partial charge in [-0.15, -0.1) is 0 Å². The van der Waals surface area contributed by atoms with Crippen LogP contribution in [0.2, 0.25) is 0 Å². The monoisotopic (exact) mass is 236 g/mol. The SMILES string of the molecule is CC(C)(N)C1(c2ccc([N+](=O)[O-])c(O)c2)CC1. The number of aromatic hydroxyl groups is 1. The number of hydrogen-bond acceptors (Lipinski definition) is 4. The topological polar surface area (TPSA) is 89.4 Å². The first-order valence-corrected chi connectivity index (χ1v) is 5.55. The summed E-state index contributed by atoms with van der Waals surface area (Å²) >= 11 is 0. The van der Waals surface area contributed by atoms with Gasteiger partial charge in [-0.25, -0.2) is 0 Å². The number of rotatable bonds is 3. The van der Waals surface area contributed by atoms with Crippen molar-refractivity contribution >= 4 is 5.69 Å². The summed E-state index contributed by atoms with van der Waals surface area (Å²) in [5.74, 6) is -0.289. The van der Waals surface area contributed by atoms with Crippen LogP contribution in [0.3, 0.4) is 0 Å². The molecule has 0 spiro atoms. The van der Waals surface area contributed by atoms with Gasteiger partial charge in [-0.3, -0.25) is 10.1 Å². The summed E-state index contributed by atoms with van der Waals surface area (Å²) in [5, 5.41) is 20.3. The molecular weight excluding hydrogens is 220 g/mol. The third-order valence-corrected chi connectivity index (χ3v) is 3.71. The van der Waals surface area contributed by atoms with Gasteiger partial charge in [-0.05, 0) is 38.3 Å². The molecule has 2 rings (SSSR count). The summed E-state index contributed by atoms with van der Waals surface area (Å²) in [6.45, 7) is 3.89. The van der Waals surface area contributed by atoms with Gasteiger partial charge >= 0.3 is 5.69 Å². The molecule has 0 unspecified atom stereocenters. The molecule has 0 saturated heterocycles. The van der Waals surface area contributed by atoms with Crippen LogP contribution in [-0.2, 0) is 5.41 Å². The zero-order valence-electron chi connectivity index (χ0n) is 9.93. The van der Waals surface area contributed by atoms with Gasteiger partial charge in [0.2, 0.25) is 0 Å². The Morgan fingerprint density at radius 3 is 2.41 bits per heavy atom. The van der Waals surface area contributed by atoms with Crippen LogP contribution in [0, 0.1) is 10.1 Å². The summed E-state index contributed by atoms with van der Waals surface area (Å²) < 4.78 is 0. The molecule has 5 heteroatoms. The van der Waals surface area contributed by atoms with Crippen LogP contribution in [0.5, 0.6) is 5.75 Å². The summed E-state index contributed by atoms with van der Waals surface area (Å²) in [6.07, 6.45) is 1.90. The molecule has 17 heavy (non-hydrogen) atoms. The average Bonchev–Trinajstić information content (AvgIpc) is 2.95. The first-order valence-electron chi connectivity index (χ1n) is 5.55. The number of phenols is 1. The molecule has 1 saturated carbocycles. The lowest BCUT2D eigenvalue weighted by atomic mass is 9.79. The molecule has 0 atom stereocenters. The van der Waals surface area contributed by atoms with Crippen LogP contribution in [0.1, 0.15) is 32.3 Å². The molecule has 1 aliphatic rings. The maximum atomic E-state index is 10.6. The minimum Gasteiger partial charge on any atom is -0.502 e. The van der Waals surface area contributed by atoms with Crippen LogP contribution < -0.4 is 5.73 Å². The first kappa shape index (κ1) is 11.9. The number of phenolic OH excluding ortho intramolecular Hbond substituents is 1.